The minimum Gasteiger partial charge on any atom is -0.389 e. The van der Waals surface area contributed by atoms with E-state index in [-0.39, 0.29) is 17.3 Å². The van der Waals surface area contributed by atoms with Crippen molar-refractivity contribution in [3.63, 3.8) is 0 Å². The fourth-order valence-corrected chi connectivity index (χ4v) is 3.30. The number of rotatable bonds is 6. The first-order chi connectivity index (χ1) is 9.33. The molecule has 124 valence electrons. The van der Waals surface area contributed by atoms with Gasteiger partial charge in [0, 0.05) is 18.8 Å². The molecule has 3 N–H and O–H groups in total. The van der Waals surface area contributed by atoms with Crippen molar-refractivity contribution in [3.8, 4) is 0 Å². The summed E-state index contributed by atoms with van der Waals surface area (Å²) in [6, 6.07) is -0.318. The van der Waals surface area contributed by atoms with Crippen molar-refractivity contribution in [1.82, 2.24) is 0 Å². The molecule has 1 aliphatic rings. The lowest BCUT2D eigenvalue weighted by Crippen LogP contribution is -2.38. The third-order valence-corrected chi connectivity index (χ3v) is 6.80. The predicted molar refractivity (Wildman–Crippen MR) is 81.9 cm³/mol. The van der Waals surface area contributed by atoms with E-state index in [1.165, 1.54) is 6.92 Å². The van der Waals surface area contributed by atoms with Crippen LogP contribution in [0.2, 0.25) is 0 Å². The Morgan fingerprint density at radius 3 is 2.38 bits per heavy atom. The van der Waals surface area contributed by atoms with Crippen LogP contribution in [0.3, 0.4) is 0 Å². The third kappa shape index (κ3) is 4.50. The van der Waals surface area contributed by atoms with E-state index in [1.54, 1.807) is 7.85 Å². The van der Waals surface area contributed by atoms with Crippen LogP contribution in [-0.4, -0.2) is 57.2 Å². The highest BCUT2D eigenvalue weighted by molar-refractivity contribution is 9.09. The Morgan fingerprint density at radius 2 is 2.05 bits per heavy atom. The minimum atomic E-state index is -4.59. The standard InChI is InChI=1S/C11H22BBrFO6P/c1-4-11(14,20-21(17,18)10(2,3)16)5-6-8(15)7(13)9(12)19-6/h6-9,15-16H,4-5,12H2,1-3H3,(H,17,18)/t6-,7-,8-,9-,11?/m1/s1. The van der Waals surface area contributed by atoms with E-state index in [0.717, 1.165) is 13.8 Å². The van der Waals surface area contributed by atoms with Crippen molar-refractivity contribution in [3.05, 3.63) is 0 Å². The molecule has 0 aromatic rings. The summed E-state index contributed by atoms with van der Waals surface area (Å²) < 4.78 is 36.8. The van der Waals surface area contributed by atoms with Gasteiger partial charge in [0.05, 0.1) is 17.0 Å². The molecule has 0 saturated carbocycles. The highest BCUT2D eigenvalue weighted by atomic mass is 79.9. The van der Waals surface area contributed by atoms with E-state index in [0.29, 0.717) is 0 Å². The fourth-order valence-electron chi connectivity index (χ4n) is 1.96. The lowest BCUT2D eigenvalue weighted by Gasteiger charge is -2.33. The maximum atomic E-state index is 14.8. The van der Waals surface area contributed by atoms with E-state index in [9.17, 15) is 24.1 Å². The summed E-state index contributed by atoms with van der Waals surface area (Å²) in [7, 11) is -2.86. The Morgan fingerprint density at radius 1 is 1.52 bits per heavy atom. The molecule has 1 fully saturated rings. The summed E-state index contributed by atoms with van der Waals surface area (Å²) >= 11 is 3.25. The van der Waals surface area contributed by atoms with Crippen LogP contribution in [0.1, 0.15) is 33.6 Å². The first-order valence-corrected chi connectivity index (χ1v) is 9.25. The molecular weight excluding hydrogens is 369 g/mol. The number of halogens is 2. The number of hydrogen-bond donors (Lipinski definition) is 3. The van der Waals surface area contributed by atoms with Gasteiger partial charge in [-0.2, -0.15) is 0 Å². The van der Waals surface area contributed by atoms with Crippen LogP contribution >= 0.6 is 23.5 Å². The molecule has 1 saturated heterocycles. The van der Waals surface area contributed by atoms with Crippen molar-refractivity contribution in [2.24, 2.45) is 0 Å². The molecule has 1 aliphatic heterocycles. The van der Waals surface area contributed by atoms with Crippen LogP contribution in [0.4, 0.5) is 4.39 Å². The van der Waals surface area contributed by atoms with Gasteiger partial charge < -0.3 is 19.8 Å². The molecule has 2 unspecified atom stereocenters. The molecule has 21 heavy (non-hydrogen) atoms. The zero-order valence-electron chi connectivity index (χ0n) is 12.5. The van der Waals surface area contributed by atoms with Crippen molar-refractivity contribution >= 4 is 31.4 Å². The molecular formula is C11H22BBrFO6P. The molecule has 0 aromatic carbocycles. The second kappa shape index (κ2) is 6.55. The highest BCUT2D eigenvalue weighted by Gasteiger charge is 2.50. The van der Waals surface area contributed by atoms with Gasteiger partial charge >= 0.3 is 7.60 Å². The number of aliphatic hydroxyl groups is 2. The van der Waals surface area contributed by atoms with Crippen LogP contribution in [0.5, 0.6) is 0 Å². The van der Waals surface area contributed by atoms with Crippen LogP contribution in [-0.2, 0) is 13.8 Å². The maximum absolute atomic E-state index is 14.8. The van der Waals surface area contributed by atoms with Crippen LogP contribution < -0.4 is 0 Å². The van der Waals surface area contributed by atoms with Gasteiger partial charge in [-0.3, -0.25) is 9.09 Å². The van der Waals surface area contributed by atoms with Gasteiger partial charge in [0.25, 0.3) is 0 Å². The summed E-state index contributed by atoms with van der Waals surface area (Å²) in [5.74, 6) is -2.48. The van der Waals surface area contributed by atoms with E-state index < -0.39 is 37.4 Å². The van der Waals surface area contributed by atoms with Crippen LogP contribution in [0, 0.1) is 0 Å². The van der Waals surface area contributed by atoms with E-state index in [2.05, 4.69) is 15.9 Å². The summed E-state index contributed by atoms with van der Waals surface area (Å²) in [6.45, 7) is 3.59. The summed E-state index contributed by atoms with van der Waals surface area (Å²) in [4.78, 5) is 9.34. The highest BCUT2D eigenvalue weighted by Crippen LogP contribution is 2.58. The fraction of sp³-hybridized carbons (Fsp3) is 1.00. The van der Waals surface area contributed by atoms with Gasteiger partial charge in [-0.1, -0.05) is 22.9 Å². The average molecular weight is 391 g/mol. The lowest BCUT2D eigenvalue weighted by molar-refractivity contribution is -0.123. The molecule has 1 heterocycles. The second-order valence-electron chi connectivity index (χ2n) is 5.86. The molecule has 0 radical (unpaired) electrons. The summed E-state index contributed by atoms with van der Waals surface area (Å²) in [5, 5.41) is 17.5. The molecule has 0 amide bonds. The van der Waals surface area contributed by atoms with E-state index >= 15 is 0 Å². The topological polar surface area (TPSA) is 96.2 Å². The van der Waals surface area contributed by atoms with Crippen LogP contribution in [0.25, 0.3) is 0 Å². The molecule has 1 rings (SSSR count). The molecule has 6 atom stereocenters. The molecule has 0 spiro atoms. The Bertz CT molecular complexity index is 422. The Balaban J connectivity index is 2.85. The Labute approximate surface area is 133 Å². The first-order valence-electron chi connectivity index (χ1n) is 6.75. The average Bonchev–Trinajstić information content (AvgIpc) is 2.55. The first kappa shape index (κ1) is 19.6. The normalized spacial score (nSPS) is 36.2. The quantitative estimate of drug-likeness (QED) is 0.353. The van der Waals surface area contributed by atoms with Gasteiger partial charge in [0.15, 0.2) is 5.34 Å². The Hall–Kier alpha value is 0.505. The zero-order valence-corrected chi connectivity index (χ0v) is 15.0. The minimum absolute atomic E-state index is 0.221. The van der Waals surface area contributed by atoms with E-state index in [4.69, 9.17) is 9.26 Å². The number of ether oxygens (including phenoxy) is 1. The lowest BCUT2D eigenvalue weighted by atomic mass is 9.95. The van der Waals surface area contributed by atoms with Crippen molar-refractivity contribution in [2.45, 2.75) is 67.8 Å². The molecule has 0 bridgehead atoms. The Kier molecular flexibility index (Phi) is 6.10. The molecule has 0 aromatic heterocycles. The van der Waals surface area contributed by atoms with Crippen molar-refractivity contribution in [2.75, 3.05) is 0 Å². The van der Waals surface area contributed by atoms with Gasteiger partial charge in [-0.25, -0.2) is 4.39 Å². The SMILES string of the molecule is B[C@@H]1O[C@H](CC(F)(CC)OP(=O)(O)C(C)(C)O)[C@@H](O)[C@H]1Br. The predicted octanol–water partition coefficient (Wildman–Crippen LogP) is 0.865. The molecule has 10 heteroatoms. The number of aliphatic hydroxyl groups excluding tert-OH is 1. The number of alkyl halides is 2. The van der Waals surface area contributed by atoms with Gasteiger partial charge in [-0.05, 0) is 13.8 Å². The molecule has 0 aliphatic carbocycles. The smallest absolute Gasteiger partial charge is 0.361 e. The maximum Gasteiger partial charge on any atom is 0.361 e. The van der Waals surface area contributed by atoms with Crippen molar-refractivity contribution < 1.29 is 33.3 Å². The third-order valence-electron chi connectivity index (χ3n) is 3.56. The second-order valence-corrected chi connectivity index (χ2v) is 9.24. The summed E-state index contributed by atoms with van der Waals surface area (Å²) in [6.07, 6.45) is -2.44. The summed E-state index contributed by atoms with van der Waals surface area (Å²) in [5.41, 5.74) is 0. The van der Waals surface area contributed by atoms with Crippen molar-refractivity contribution in [1.29, 1.82) is 0 Å². The monoisotopic (exact) mass is 390 g/mol. The molecule has 6 nitrogen and oxygen atoms in total. The zero-order chi connectivity index (χ0) is 16.6. The number of hydrogen-bond acceptors (Lipinski definition) is 5. The van der Waals surface area contributed by atoms with Crippen LogP contribution in [0.15, 0.2) is 0 Å². The van der Waals surface area contributed by atoms with Gasteiger partial charge in [0.2, 0.25) is 5.85 Å². The van der Waals surface area contributed by atoms with Gasteiger partial charge in [0.1, 0.15) is 7.85 Å². The largest absolute Gasteiger partial charge is 0.389 e. The van der Waals surface area contributed by atoms with E-state index in [1.807, 2.05) is 0 Å². The van der Waals surface area contributed by atoms with Gasteiger partial charge in [-0.15, -0.1) is 0 Å².